The van der Waals surface area contributed by atoms with E-state index in [4.69, 9.17) is 5.11 Å². The quantitative estimate of drug-likeness (QED) is 0.842. The SMILES string of the molecule is CC(C)n1cc(Br)cc1C(=O)NCC(C)(C)CCO. The number of nitrogens with one attached hydrogen (secondary N) is 1. The van der Waals surface area contributed by atoms with Gasteiger partial charge in [0.25, 0.3) is 5.91 Å². The van der Waals surface area contributed by atoms with E-state index in [2.05, 4.69) is 21.2 Å². The number of hydrogen-bond acceptors (Lipinski definition) is 2. The Morgan fingerprint density at radius 3 is 2.68 bits per heavy atom. The molecule has 1 aromatic heterocycles. The van der Waals surface area contributed by atoms with Gasteiger partial charge < -0.3 is 15.0 Å². The Labute approximate surface area is 123 Å². The Morgan fingerprint density at radius 1 is 1.53 bits per heavy atom. The molecule has 1 rings (SSSR count). The fourth-order valence-electron chi connectivity index (χ4n) is 1.86. The van der Waals surface area contributed by atoms with Crippen LogP contribution >= 0.6 is 15.9 Å². The Kier molecular flexibility index (Phi) is 5.62. The van der Waals surface area contributed by atoms with Crippen LogP contribution in [-0.2, 0) is 0 Å². The minimum absolute atomic E-state index is 0.0783. The third-order valence-corrected chi connectivity index (χ3v) is 3.55. The van der Waals surface area contributed by atoms with E-state index in [0.717, 1.165) is 4.47 Å². The Balaban J connectivity index is 2.74. The van der Waals surface area contributed by atoms with Crippen LogP contribution in [0.25, 0.3) is 0 Å². The zero-order valence-electron chi connectivity index (χ0n) is 12.0. The zero-order valence-corrected chi connectivity index (χ0v) is 13.6. The van der Waals surface area contributed by atoms with Gasteiger partial charge in [0.15, 0.2) is 0 Å². The molecule has 19 heavy (non-hydrogen) atoms. The number of halogens is 1. The van der Waals surface area contributed by atoms with Gasteiger partial charge in [-0.05, 0) is 47.7 Å². The van der Waals surface area contributed by atoms with Crippen molar-refractivity contribution in [3.8, 4) is 0 Å². The normalized spacial score (nSPS) is 11.9. The van der Waals surface area contributed by atoms with E-state index in [0.29, 0.717) is 18.7 Å². The fourth-order valence-corrected chi connectivity index (χ4v) is 2.29. The molecule has 0 bridgehead atoms. The highest BCUT2D eigenvalue weighted by Crippen LogP contribution is 2.21. The average molecular weight is 331 g/mol. The van der Waals surface area contributed by atoms with Gasteiger partial charge in [0.1, 0.15) is 5.69 Å². The van der Waals surface area contributed by atoms with Crippen LogP contribution in [0.5, 0.6) is 0 Å². The molecule has 0 fully saturated rings. The summed E-state index contributed by atoms with van der Waals surface area (Å²) in [6.45, 7) is 8.82. The molecule has 0 aliphatic carbocycles. The van der Waals surface area contributed by atoms with E-state index in [1.165, 1.54) is 0 Å². The molecule has 0 radical (unpaired) electrons. The van der Waals surface area contributed by atoms with Gasteiger partial charge in [0, 0.05) is 29.9 Å². The first kappa shape index (κ1) is 16.2. The topological polar surface area (TPSA) is 54.3 Å². The summed E-state index contributed by atoms with van der Waals surface area (Å²) in [5.74, 6) is -0.0783. The summed E-state index contributed by atoms with van der Waals surface area (Å²) in [6, 6.07) is 2.06. The minimum atomic E-state index is -0.100. The van der Waals surface area contributed by atoms with Crippen LogP contribution < -0.4 is 5.32 Å². The van der Waals surface area contributed by atoms with Crippen molar-refractivity contribution in [2.24, 2.45) is 5.41 Å². The lowest BCUT2D eigenvalue weighted by molar-refractivity contribution is 0.0917. The third-order valence-electron chi connectivity index (χ3n) is 3.12. The van der Waals surface area contributed by atoms with Crippen molar-refractivity contribution in [2.45, 2.75) is 40.2 Å². The molecule has 0 atom stereocenters. The van der Waals surface area contributed by atoms with Gasteiger partial charge in [0.05, 0.1) is 0 Å². The second-order valence-corrected chi connectivity index (χ2v) is 6.78. The molecule has 108 valence electrons. The molecule has 0 aromatic carbocycles. The molecule has 1 heterocycles. The molecule has 0 aliphatic heterocycles. The lowest BCUT2D eigenvalue weighted by Gasteiger charge is -2.24. The number of nitrogens with zero attached hydrogens (tertiary/aromatic N) is 1. The highest BCUT2D eigenvalue weighted by molar-refractivity contribution is 9.10. The molecule has 2 N–H and O–H groups in total. The Bertz CT molecular complexity index is 439. The largest absolute Gasteiger partial charge is 0.396 e. The number of amides is 1. The maximum Gasteiger partial charge on any atom is 0.267 e. The first-order chi connectivity index (χ1) is 8.76. The molecule has 0 saturated carbocycles. The molecule has 0 saturated heterocycles. The second kappa shape index (κ2) is 6.57. The summed E-state index contributed by atoms with van der Waals surface area (Å²) in [6.07, 6.45) is 2.58. The predicted octanol–water partition coefficient (Wildman–Crippen LogP) is 2.97. The van der Waals surface area contributed by atoms with Crippen molar-refractivity contribution in [3.05, 3.63) is 22.4 Å². The Hall–Kier alpha value is -0.810. The molecule has 0 aliphatic rings. The molecule has 1 aromatic rings. The van der Waals surface area contributed by atoms with Crippen LogP contribution in [0.4, 0.5) is 0 Å². The predicted molar refractivity (Wildman–Crippen MR) is 80.3 cm³/mol. The lowest BCUT2D eigenvalue weighted by Crippen LogP contribution is -2.35. The van der Waals surface area contributed by atoms with Crippen molar-refractivity contribution in [1.29, 1.82) is 0 Å². The van der Waals surface area contributed by atoms with E-state index < -0.39 is 0 Å². The van der Waals surface area contributed by atoms with Crippen LogP contribution in [0, 0.1) is 5.41 Å². The summed E-state index contributed by atoms with van der Waals surface area (Å²) in [5.41, 5.74) is 0.554. The van der Waals surface area contributed by atoms with Crippen LogP contribution in [0.1, 0.15) is 50.6 Å². The van der Waals surface area contributed by atoms with Gasteiger partial charge in [-0.15, -0.1) is 0 Å². The third kappa shape index (κ3) is 4.66. The molecule has 5 heteroatoms. The molecule has 4 nitrogen and oxygen atoms in total. The summed E-state index contributed by atoms with van der Waals surface area (Å²) in [5, 5.41) is 11.9. The number of rotatable bonds is 6. The lowest BCUT2D eigenvalue weighted by atomic mass is 9.90. The van der Waals surface area contributed by atoms with E-state index in [-0.39, 0.29) is 24.0 Å². The van der Waals surface area contributed by atoms with Crippen LogP contribution in [0.2, 0.25) is 0 Å². The van der Waals surface area contributed by atoms with Gasteiger partial charge in [-0.1, -0.05) is 13.8 Å². The van der Waals surface area contributed by atoms with Gasteiger partial charge in [-0.25, -0.2) is 0 Å². The summed E-state index contributed by atoms with van der Waals surface area (Å²) < 4.78 is 2.85. The highest BCUT2D eigenvalue weighted by Gasteiger charge is 2.20. The van der Waals surface area contributed by atoms with Gasteiger partial charge in [0.2, 0.25) is 0 Å². The van der Waals surface area contributed by atoms with Gasteiger partial charge >= 0.3 is 0 Å². The number of carbonyl (C=O) groups is 1. The first-order valence-electron chi connectivity index (χ1n) is 6.53. The Morgan fingerprint density at radius 2 is 2.16 bits per heavy atom. The second-order valence-electron chi connectivity index (χ2n) is 5.87. The van der Waals surface area contributed by atoms with E-state index in [9.17, 15) is 4.79 Å². The summed E-state index contributed by atoms with van der Waals surface area (Å²) >= 11 is 3.40. The maximum absolute atomic E-state index is 12.2. The fraction of sp³-hybridized carbons (Fsp3) is 0.643. The van der Waals surface area contributed by atoms with Crippen molar-refractivity contribution >= 4 is 21.8 Å². The highest BCUT2D eigenvalue weighted by atomic mass is 79.9. The van der Waals surface area contributed by atoms with E-state index in [1.807, 2.05) is 44.5 Å². The summed E-state index contributed by atoms with van der Waals surface area (Å²) in [7, 11) is 0. The molecule has 0 unspecified atom stereocenters. The van der Waals surface area contributed by atoms with Gasteiger partial charge in [-0.3, -0.25) is 4.79 Å². The monoisotopic (exact) mass is 330 g/mol. The van der Waals surface area contributed by atoms with E-state index in [1.54, 1.807) is 0 Å². The van der Waals surface area contributed by atoms with Crippen LogP contribution in [-0.4, -0.2) is 28.7 Å². The average Bonchev–Trinajstić information content (AvgIpc) is 2.68. The molecular formula is C14H23BrN2O2. The summed E-state index contributed by atoms with van der Waals surface area (Å²) in [4.78, 5) is 12.2. The maximum atomic E-state index is 12.2. The molecule has 0 spiro atoms. The number of carbonyl (C=O) groups excluding carboxylic acids is 1. The van der Waals surface area contributed by atoms with Gasteiger partial charge in [-0.2, -0.15) is 0 Å². The van der Waals surface area contributed by atoms with Crippen molar-refractivity contribution in [3.63, 3.8) is 0 Å². The smallest absolute Gasteiger partial charge is 0.267 e. The standard InChI is InChI=1S/C14H23BrN2O2/c1-10(2)17-8-11(15)7-12(17)13(19)16-9-14(3,4)5-6-18/h7-8,10,18H,5-6,9H2,1-4H3,(H,16,19). The van der Waals surface area contributed by atoms with Crippen LogP contribution in [0.15, 0.2) is 16.7 Å². The number of aliphatic hydroxyl groups excluding tert-OH is 1. The first-order valence-corrected chi connectivity index (χ1v) is 7.32. The molecular weight excluding hydrogens is 308 g/mol. The van der Waals surface area contributed by atoms with Crippen molar-refractivity contribution in [2.75, 3.05) is 13.2 Å². The van der Waals surface area contributed by atoms with E-state index >= 15 is 0 Å². The zero-order chi connectivity index (χ0) is 14.6. The number of aliphatic hydroxyl groups is 1. The van der Waals surface area contributed by atoms with Crippen LogP contribution in [0.3, 0.4) is 0 Å². The molecule has 1 amide bonds. The number of hydrogen-bond donors (Lipinski definition) is 2. The number of aromatic nitrogens is 1. The minimum Gasteiger partial charge on any atom is -0.396 e. The van der Waals surface area contributed by atoms with Crippen molar-refractivity contribution < 1.29 is 9.90 Å². The van der Waals surface area contributed by atoms with Crippen molar-refractivity contribution in [1.82, 2.24) is 9.88 Å².